The minimum Gasteiger partial charge on any atom is -0.490 e. The van der Waals surface area contributed by atoms with Gasteiger partial charge in [-0.1, -0.05) is 6.07 Å². The molecule has 3 aromatic rings. The molecule has 6 rings (SSSR count). The summed E-state index contributed by atoms with van der Waals surface area (Å²) in [6, 6.07) is 13.9. The highest BCUT2D eigenvalue weighted by molar-refractivity contribution is 5.79. The van der Waals surface area contributed by atoms with Crippen molar-refractivity contribution in [2.24, 2.45) is 0 Å². The Bertz CT molecular complexity index is 1340. The molecule has 1 N–H and O–H groups in total. The Hall–Kier alpha value is -3.92. The lowest BCUT2D eigenvalue weighted by molar-refractivity contribution is 0.174. The third kappa shape index (κ3) is 2.76. The fraction of sp³-hybridized carbons (Fsp3) is 0.250. The van der Waals surface area contributed by atoms with Gasteiger partial charge in [0, 0.05) is 24.1 Å². The molecule has 0 saturated heterocycles. The van der Waals surface area contributed by atoms with E-state index in [1.165, 1.54) is 0 Å². The maximum Gasteiger partial charge on any atom is 0.231 e. The van der Waals surface area contributed by atoms with E-state index >= 15 is 0 Å². The lowest BCUT2D eigenvalue weighted by Crippen LogP contribution is -2.28. The van der Waals surface area contributed by atoms with Crippen LogP contribution in [0.2, 0.25) is 0 Å². The summed E-state index contributed by atoms with van der Waals surface area (Å²) in [5.74, 6) is 2.84. The van der Waals surface area contributed by atoms with Gasteiger partial charge < -0.3 is 23.5 Å². The van der Waals surface area contributed by atoms with E-state index in [0.717, 1.165) is 46.7 Å². The number of fused-ring (bicyclic) bond motifs is 5. The molecule has 4 heterocycles. The predicted molar refractivity (Wildman–Crippen MR) is 111 cm³/mol. The molecule has 31 heavy (non-hydrogen) atoms. The van der Waals surface area contributed by atoms with Crippen LogP contribution in [-0.2, 0) is 13.0 Å². The first-order valence-electron chi connectivity index (χ1n) is 10.3. The monoisotopic (exact) mass is 413 g/mol. The molecular formula is C24H19N3O4. The number of rotatable bonds is 1. The van der Waals surface area contributed by atoms with Crippen molar-refractivity contribution in [1.29, 1.82) is 10.7 Å². The van der Waals surface area contributed by atoms with Crippen LogP contribution in [0, 0.1) is 16.7 Å². The highest BCUT2D eigenvalue weighted by atomic mass is 16.7. The number of ether oxygens (including phenoxy) is 4. The van der Waals surface area contributed by atoms with Gasteiger partial charge in [0.15, 0.2) is 23.0 Å². The zero-order valence-electron chi connectivity index (χ0n) is 16.7. The maximum atomic E-state index is 9.86. The Morgan fingerprint density at radius 1 is 0.871 bits per heavy atom. The summed E-state index contributed by atoms with van der Waals surface area (Å²) in [5.41, 5.74) is 5.15. The molecule has 0 aliphatic carbocycles. The van der Waals surface area contributed by atoms with Crippen molar-refractivity contribution in [3.63, 3.8) is 0 Å². The average molecular weight is 413 g/mol. The number of benzene rings is 2. The van der Waals surface area contributed by atoms with Gasteiger partial charge in [-0.15, -0.1) is 0 Å². The summed E-state index contributed by atoms with van der Waals surface area (Å²) in [5, 5.41) is 18.6. The van der Waals surface area contributed by atoms with Crippen molar-refractivity contribution in [3.8, 4) is 51.5 Å². The quantitative estimate of drug-likeness (QED) is 0.658. The first-order chi connectivity index (χ1) is 15.2. The third-order valence-corrected chi connectivity index (χ3v) is 6.00. The Morgan fingerprint density at radius 2 is 1.65 bits per heavy atom. The van der Waals surface area contributed by atoms with E-state index in [4.69, 9.17) is 24.4 Å². The Balaban J connectivity index is 1.57. The van der Waals surface area contributed by atoms with Crippen LogP contribution in [0.15, 0.2) is 36.4 Å². The number of aryl methyl sites for hydroxylation is 1. The normalized spacial score (nSPS) is 15.5. The lowest BCUT2D eigenvalue weighted by Gasteiger charge is -2.25. The molecule has 7 nitrogen and oxygen atoms in total. The lowest BCUT2D eigenvalue weighted by atomic mass is 9.92. The van der Waals surface area contributed by atoms with Crippen LogP contribution in [0.4, 0.5) is 0 Å². The fourth-order valence-electron chi connectivity index (χ4n) is 4.46. The van der Waals surface area contributed by atoms with Gasteiger partial charge in [0.1, 0.15) is 17.1 Å². The number of nitriles is 1. The zero-order chi connectivity index (χ0) is 20.9. The third-order valence-electron chi connectivity index (χ3n) is 6.00. The molecule has 0 saturated carbocycles. The van der Waals surface area contributed by atoms with Crippen molar-refractivity contribution in [2.45, 2.75) is 19.4 Å². The summed E-state index contributed by atoms with van der Waals surface area (Å²) in [6.45, 7) is 2.09. The van der Waals surface area contributed by atoms with Crippen LogP contribution in [0.1, 0.15) is 17.5 Å². The second-order valence-electron chi connectivity index (χ2n) is 7.75. The van der Waals surface area contributed by atoms with Gasteiger partial charge >= 0.3 is 0 Å². The van der Waals surface area contributed by atoms with E-state index < -0.39 is 0 Å². The average Bonchev–Trinajstić information content (AvgIpc) is 3.14. The number of nitrogens with zero attached hydrogens (tertiary/aromatic N) is 2. The number of nitrogens with one attached hydrogen (secondary N) is 1. The molecule has 3 aliphatic heterocycles. The molecular weight excluding hydrogens is 394 g/mol. The van der Waals surface area contributed by atoms with Gasteiger partial charge in [-0.05, 0) is 47.9 Å². The summed E-state index contributed by atoms with van der Waals surface area (Å²) >= 11 is 0. The molecule has 2 aromatic carbocycles. The number of aromatic nitrogens is 1. The Labute approximate surface area is 178 Å². The summed E-state index contributed by atoms with van der Waals surface area (Å²) in [4.78, 5) is 0. The molecule has 154 valence electrons. The van der Waals surface area contributed by atoms with Crippen LogP contribution >= 0.6 is 0 Å². The van der Waals surface area contributed by atoms with Crippen LogP contribution in [0.5, 0.6) is 23.0 Å². The first kappa shape index (κ1) is 17.9. The zero-order valence-corrected chi connectivity index (χ0v) is 16.7. The van der Waals surface area contributed by atoms with Crippen LogP contribution < -0.4 is 24.4 Å². The van der Waals surface area contributed by atoms with Gasteiger partial charge in [-0.25, -0.2) is 0 Å². The first-order valence-corrected chi connectivity index (χ1v) is 10.3. The van der Waals surface area contributed by atoms with Crippen molar-refractivity contribution >= 4 is 0 Å². The number of hydrogen-bond donors (Lipinski definition) is 1. The minimum absolute atomic E-state index is 0.189. The molecule has 0 radical (unpaired) electrons. The minimum atomic E-state index is 0.189. The van der Waals surface area contributed by atoms with Crippen LogP contribution in [-0.4, -0.2) is 24.6 Å². The highest BCUT2D eigenvalue weighted by Crippen LogP contribution is 2.41. The smallest absolute Gasteiger partial charge is 0.231 e. The van der Waals surface area contributed by atoms with Gasteiger partial charge in [0.05, 0.1) is 18.9 Å². The number of pyridine rings is 1. The second kappa shape index (κ2) is 6.81. The molecule has 0 atom stereocenters. The largest absolute Gasteiger partial charge is 0.490 e. The number of hydrogen-bond acceptors (Lipinski definition) is 6. The van der Waals surface area contributed by atoms with Crippen LogP contribution in [0.3, 0.4) is 0 Å². The van der Waals surface area contributed by atoms with E-state index in [1.807, 2.05) is 34.9 Å². The van der Waals surface area contributed by atoms with Crippen molar-refractivity contribution in [3.05, 3.63) is 53.0 Å². The summed E-state index contributed by atoms with van der Waals surface area (Å²) in [7, 11) is 0. The van der Waals surface area contributed by atoms with Crippen molar-refractivity contribution in [2.75, 3.05) is 20.0 Å². The molecule has 0 bridgehead atoms. The molecule has 7 heteroatoms. The topological polar surface area (TPSA) is 89.5 Å². The van der Waals surface area contributed by atoms with Crippen molar-refractivity contribution < 1.29 is 18.9 Å². The molecule has 0 fully saturated rings. The van der Waals surface area contributed by atoms with Gasteiger partial charge in [0.25, 0.3) is 0 Å². The van der Waals surface area contributed by atoms with E-state index in [-0.39, 0.29) is 12.3 Å². The predicted octanol–water partition coefficient (Wildman–Crippen LogP) is 3.62. The molecule has 0 unspecified atom stereocenters. The second-order valence-corrected chi connectivity index (χ2v) is 7.75. The van der Waals surface area contributed by atoms with Gasteiger partial charge in [-0.2, -0.15) is 5.26 Å². The Morgan fingerprint density at radius 3 is 2.48 bits per heavy atom. The van der Waals surface area contributed by atoms with Gasteiger partial charge in [-0.3, -0.25) is 5.41 Å². The SMILES string of the molecule is N#Cc1c(-c2ccc3c(c2)OCO3)cc2n(c1=N)CCc1cc3c(cc1-2)OCCCO3. The highest BCUT2D eigenvalue weighted by Gasteiger charge is 2.24. The summed E-state index contributed by atoms with van der Waals surface area (Å²) < 4.78 is 24.6. The van der Waals surface area contributed by atoms with E-state index in [9.17, 15) is 5.26 Å². The summed E-state index contributed by atoms with van der Waals surface area (Å²) in [6.07, 6.45) is 1.62. The van der Waals surface area contributed by atoms with E-state index in [2.05, 4.69) is 12.1 Å². The molecule has 3 aliphatic rings. The fourth-order valence-corrected chi connectivity index (χ4v) is 4.46. The van der Waals surface area contributed by atoms with Crippen LogP contribution in [0.25, 0.3) is 22.4 Å². The van der Waals surface area contributed by atoms with Gasteiger partial charge in [0.2, 0.25) is 6.79 Å². The standard InChI is InChI=1S/C24H19N3O4/c25-12-18-16(14-2-3-20-21(8-14)31-13-30-20)10-19-17-11-23-22(28-6-1-7-29-23)9-15(17)4-5-27(19)24(18)26/h2-3,8-11,26H,1,4-7,13H2. The molecule has 0 amide bonds. The van der Waals surface area contributed by atoms with Crippen molar-refractivity contribution in [1.82, 2.24) is 4.57 Å². The molecule has 1 aromatic heterocycles. The maximum absolute atomic E-state index is 9.86. The van der Waals surface area contributed by atoms with E-state index in [0.29, 0.717) is 42.4 Å². The Kier molecular flexibility index (Phi) is 3.93. The molecule has 0 spiro atoms. The van der Waals surface area contributed by atoms with E-state index in [1.54, 1.807) is 0 Å².